The van der Waals surface area contributed by atoms with Gasteiger partial charge >= 0.3 is 0 Å². The van der Waals surface area contributed by atoms with Crippen LogP contribution in [-0.2, 0) is 0 Å². The molecule has 0 saturated carbocycles. The fourth-order valence-electron chi connectivity index (χ4n) is 3.65. The Labute approximate surface area is 149 Å². The summed E-state index contributed by atoms with van der Waals surface area (Å²) < 4.78 is 11.6. The van der Waals surface area contributed by atoms with Crippen molar-refractivity contribution >= 4 is 5.71 Å². The van der Waals surface area contributed by atoms with E-state index in [1.807, 2.05) is 18.2 Å². The minimum Gasteiger partial charge on any atom is -0.497 e. The molecule has 0 radical (unpaired) electrons. The first-order chi connectivity index (χ1) is 12.2. The van der Waals surface area contributed by atoms with Crippen LogP contribution in [0.3, 0.4) is 0 Å². The van der Waals surface area contributed by atoms with E-state index in [1.165, 1.54) is 5.56 Å². The first-order valence-electron chi connectivity index (χ1n) is 8.91. The van der Waals surface area contributed by atoms with Gasteiger partial charge in [-0.1, -0.05) is 44.2 Å². The lowest BCUT2D eigenvalue weighted by Gasteiger charge is -2.38. The Bertz CT molecular complexity index is 800. The van der Waals surface area contributed by atoms with Gasteiger partial charge in [-0.05, 0) is 24.1 Å². The molecule has 0 aliphatic carbocycles. The van der Waals surface area contributed by atoms with Crippen molar-refractivity contribution in [3.8, 4) is 11.5 Å². The van der Waals surface area contributed by atoms with E-state index in [-0.39, 0.29) is 12.3 Å². The molecule has 0 bridgehead atoms. The van der Waals surface area contributed by atoms with Gasteiger partial charge in [0.1, 0.15) is 11.5 Å². The summed E-state index contributed by atoms with van der Waals surface area (Å²) in [5, 5.41) is 7.12. The van der Waals surface area contributed by atoms with E-state index in [4.69, 9.17) is 14.6 Å². The SMILES string of the molecule is COc1cccc(C2=NN3[C@H](CC(C)C)Oc4ccccc4[C@H]3C2)c1. The predicted molar refractivity (Wildman–Crippen MR) is 99.0 cm³/mol. The van der Waals surface area contributed by atoms with Crippen LogP contribution in [0.2, 0.25) is 0 Å². The number of ether oxygens (including phenoxy) is 2. The third-order valence-corrected chi connectivity index (χ3v) is 4.85. The third kappa shape index (κ3) is 2.97. The summed E-state index contributed by atoms with van der Waals surface area (Å²) in [5.74, 6) is 2.41. The zero-order chi connectivity index (χ0) is 17.4. The number of para-hydroxylation sites is 1. The summed E-state index contributed by atoms with van der Waals surface area (Å²) >= 11 is 0. The first-order valence-corrected chi connectivity index (χ1v) is 8.91. The van der Waals surface area contributed by atoms with Gasteiger partial charge in [-0.15, -0.1) is 0 Å². The maximum absolute atomic E-state index is 6.28. The molecular weight excluding hydrogens is 312 g/mol. The molecule has 0 unspecified atom stereocenters. The Morgan fingerprint density at radius 3 is 2.84 bits per heavy atom. The Morgan fingerprint density at radius 1 is 1.20 bits per heavy atom. The molecule has 0 fully saturated rings. The van der Waals surface area contributed by atoms with Crippen LogP contribution in [0.4, 0.5) is 0 Å². The second kappa shape index (κ2) is 6.43. The summed E-state index contributed by atoms with van der Waals surface area (Å²) in [4.78, 5) is 0. The van der Waals surface area contributed by atoms with Crippen LogP contribution in [-0.4, -0.2) is 24.1 Å². The lowest BCUT2D eigenvalue weighted by Crippen LogP contribution is -2.41. The van der Waals surface area contributed by atoms with Crippen molar-refractivity contribution in [2.24, 2.45) is 11.0 Å². The van der Waals surface area contributed by atoms with Crippen molar-refractivity contribution in [1.29, 1.82) is 0 Å². The minimum absolute atomic E-state index is 0.0111. The van der Waals surface area contributed by atoms with E-state index in [0.717, 1.165) is 35.6 Å². The number of methoxy groups -OCH3 is 1. The number of nitrogens with zero attached hydrogens (tertiary/aromatic N) is 2. The molecule has 0 aromatic heterocycles. The van der Waals surface area contributed by atoms with Gasteiger partial charge in [0.05, 0.1) is 18.9 Å². The molecular formula is C21H24N2O2. The molecule has 25 heavy (non-hydrogen) atoms. The van der Waals surface area contributed by atoms with Gasteiger partial charge < -0.3 is 9.47 Å². The number of hydrogen-bond acceptors (Lipinski definition) is 4. The van der Waals surface area contributed by atoms with E-state index in [1.54, 1.807) is 7.11 Å². The van der Waals surface area contributed by atoms with E-state index >= 15 is 0 Å². The van der Waals surface area contributed by atoms with Crippen LogP contribution in [0, 0.1) is 5.92 Å². The molecule has 4 rings (SSSR count). The lowest BCUT2D eigenvalue weighted by molar-refractivity contribution is -0.0291. The fraction of sp³-hybridized carbons (Fsp3) is 0.381. The summed E-state index contributed by atoms with van der Waals surface area (Å²) in [7, 11) is 1.70. The first kappa shape index (κ1) is 16.0. The van der Waals surface area contributed by atoms with Gasteiger partial charge in [0.25, 0.3) is 0 Å². The number of hydrogen-bond donors (Lipinski definition) is 0. The standard InChI is InChI=1S/C21H24N2O2/c1-14(2)11-21-23-19(17-9-4-5-10-20(17)25-21)13-18(22-23)15-7-6-8-16(12-15)24-3/h4-10,12,14,19,21H,11,13H2,1-3H3/t19-,21+/m1/s1. The second-order valence-electron chi connectivity index (χ2n) is 7.12. The topological polar surface area (TPSA) is 34.1 Å². The zero-order valence-electron chi connectivity index (χ0n) is 15.0. The van der Waals surface area contributed by atoms with E-state index in [9.17, 15) is 0 Å². The molecule has 2 aliphatic heterocycles. The highest BCUT2D eigenvalue weighted by atomic mass is 16.5. The van der Waals surface area contributed by atoms with Crippen LogP contribution in [0.15, 0.2) is 53.6 Å². The summed E-state index contributed by atoms with van der Waals surface area (Å²) in [6.07, 6.45) is 1.84. The van der Waals surface area contributed by atoms with Gasteiger partial charge in [-0.2, -0.15) is 5.10 Å². The second-order valence-corrected chi connectivity index (χ2v) is 7.12. The Morgan fingerprint density at radius 2 is 2.04 bits per heavy atom. The number of rotatable bonds is 4. The molecule has 130 valence electrons. The summed E-state index contributed by atoms with van der Waals surface area (Å²) in [5.41, 5.74) is 3.44. The number of benzene rings is 2. The van der Waals surface area contributed by atoms with Crippen LogP contribution < -0.4 is 9.47 Å². The lowest BCUT2D eigenvalue weighted by atomic mass is 9.95. The molecule has 2 atom stereocenters. The molecule has 0 spiro atoms. The van der Waals surface area contributed by atoms with Gasteiger partial charge in [-0.25, -0.2) is 0 Å². The minimum atomic E-state index is -0.0111. The summed E-state index contributed by atoms with van der Waals surface area (Å²) in [6, 6.07) is 16.7. The van der Waals surface area contributed by atoms with Gasteiger partial charge in [0.2, 0.25) is 0 Å². The van der Waals surface area contributed by atoms with Gasteiger partial charge in [0, 0.05) is 24.0 Å². The Balaban J connectivity index is 1.70. The molecule has 4 nitrogen and oxygen atoms in total. The van der Waals surface area contributed by atoms with E-state index in [0.29, 0.717) is 5.92 Å². The fourth-order valence-corrected chi connectivity index (χ4v) is 3.65. The number of hydrazone groups is 1. The highest BCUT2D eigenvalue weighted by Gasteiger charge is 2.40. The largest absolute Gasteiger partial charge is 0.497 e. The van der Waals surface area contributed by atoms with Crippen molar-refractivity contribution < 1.29 is 9.47 Å². The highest BCUT2D eigenvalue weighted by molar-refractivity contribution is 6.02. The van der Waals surface area contributed by atoms with Gasteiger partial charge in [-0.3, -0.25) is 5.01 Å². The van der Waals surface area contributed by atoms with Crippen molar-refractivity contribution in [3.63, 3.8) is 0 Å². The van der Waals surface area contributed by atoms with Crippen molar-refractivity contribution in [2.45, 2.75) is 39.0 Å². The molecule has 0 N–H and O–H groups in total. The van der Waals surface area contributed by atoms with Crippen molar-refractivity contribution in [1.82, 2.24) is 5.01 Å². The van der Waals surface area contributed by atoms with E-state index < -0.39 is 0 Å². The predicted octanol–water partition coefficient (Wildman–Crippen LogP) is 4.61. The van der Waals surface area contributed by atoms with Crippen LogP contribution in [0.5, 0.6) is 11.5 Å². The Kier molecular flexibility index (Phi) is 4.12. The zero-order valence-corrected chi connectivity index (χ0v) is 15.0. The maximum atomic E-state index is 6.28. The van der Waals surface area contributed by atoms with Crippen LogP contribution in [0.1, 0.15) is 43.9 Å². The Hall–Kier alpha value is -2.49. The molecule has 4 heteroatoms. The van der Waals surface area contributed by atoms with Crippen molar-refractivity contribution in [2.75, 3.05) is 7.11 Å². The molecule has 2 aliphatic rings. The van der Waals surface area contributed by atoms with Crippen molar-refractivity contribution in [3.05, 3.63) is 59.7 Å². The van der Waals surface area contributed by atoms with Gasteiger partial charge in [0.15, 0.2) is 6.23 Å². The smallest absolute Gasteiger partial charge is 0.188 e. The summed E-state index contributed by atoms with van der Waals surface area (Å²) in [6.45, 7) is 4.45. The average molecular weight is 336 g/mol. The van der Waals surface area contributed by atoms with E-state index in [2.05, 4.69) is 49.2 Å². The van der Waals surface area contributed by atoms with Crippen LogP contribution >= 0.6 is 0 Å². The quantitative estimate of drug-likeness (QED) is 0.817. The monoisotopic (exact) mass is 336 g/mol. The molecule has 2 aromatic carbocycles. The molecule has 0 amide bonds. The third-order valence-electron chi connectivity index (χ3n) is 4.85. The molecule has 2 aromatic rings. The van der Waals surface area contributed by atoms with Crippen LogP contribution in [0.25, 0.3) is 0 Å². The molecule has 2 heterocycles. The molecule has 0 saturated heterocycles. The maximum Gasteiger partial charge on any atom is 0.188 e. The average Bonchev–Trinajstić information content (AvgIpc) is 3.07. The normalized spacial score (nSPS) is 21.4. The highest BCUT2D eigenvalue weighted by Crippen LogP contribution is 2.44. The number of fused-ring (bicyclic) bond motifs is 3.